The molecule has 10 heteroatoms. The number of hydrogen-bond acceptors (Lipinski definition) is 7. The zero-order valence-electron chi connectivity index (χ0n) is 12.9. The average molecular weight is 364 g/mol. The smallest absolute Gasteiger partial charge is 0.250 e. The van der Waals surface area contributed by atoms with E-state index in [1.54, 1.807) is 47.4 Å². The Bertz CT molecular complexity index is 888. The molecule has 0 aliphatic heterocycles. The minimum Gasteiger partial charge on any atom is -0.367 e. The summed E-state index contributed by atoms with van der Waals surface area (Å²) in [5, 5.41) is 15.2. The normalized spacial score (nSPS) is 11.5. The summed E-state index contributed by atoms with van der Waals surface area (Å²) in [4.78, 5) is 0.959. The van der Waals surface area contributed by atoms with E-state index >= 15 is 0 Å². The predicted molar refractivity (Wildman–Crippen MR) is 91.9 cm³/mol. The Labute approximate surface area is 143 Å². The topological polar surface area (TPSA) is 102 Å². The van der Waals surface area contributed by atoms with Gasteiger partial charge in [0.25, 0.3) is 0 Å². The van der Waals surface area contributed by atoms with Crippen LogP contribution in [0.5, 0.6) is 0 Å². The van der Waals surface area contributed by atoms with E-state index < -0.39 is 10.0 Å². The molecule has 0 unspecified atom stereocenters. The van der Waals surface area contributed by atoms with Crippen molar-refractivity contribution in [1.29, 1.82) is 0 Å². The molecule has 0 spiro atoms. The van der Waals surface area contributed by atoms with Gasteiger partial charge in [0, 0.05) is 30.4 Å². The van der Waals surface area contributed by atoms with E-state index in [4.69, 9.17) is 0 Å². The van der Waals surface area contributed by atoms with Crippen molar-refractivity contribution in [3.63, 3.8) is 0 Å². The molecule has 3 heterocycles. The molecule has 0 aliphatic carbocycles. The largest absolute Gasteiger partial charge is 0.367 e. The third kappa shape index (κ3) is 3.96. The summed E-state index contributed by atoms with van der Waals surface area (Å²) in [5.41, 5.74) is 0. The minimum atomic E-state index is -3.45. The van der Waals surface area contributed by atoms with Crippen LogP contribution in [0.25, 0.3) is 5.82 Å². The first-order valence-electron chi connectivity index (χ1n) is 7.18. The third-order valence-corrected chi connectivity index (χ3v) is 6.05. The summed E-state index contributed by atoms with van der Waals surface area (Å²) < 4.78 is 28.6. The van der Waals surface area contributed by atoms with Gasteiger partial charge in [-0.25, -0.2) is 17.8 Å². The van der Waals surface area contributed by atoms with Crippen molar-refractivity contribution >= 4 is 27.2 Å². The molecule has 3 rings (SSSR count). The van der Waals surface area contributed by atoms with E-state index in [0.29, 0.717) is 22.4 Å². The Morgan fingerprint density at radius 2 is 2.04 bits per heavy atom. The standard InChI is InChI=1S/C14H16N6O2S2/c1-11-3-6-14(23-11)24(21,22)17-9-8-15-12-4-5-13(19-18-12)20-10-2-7-16-20/h2-7,10,17H,8-9H2,1H3,(H,15,18). The fourth-order valence-electron chi connectivity index (χ4n) is 1.95. The van der Waals surface area contributed by atoms with E-state index in [9.17, 15) is 8.42 Å². The van der Waals surface area contributed by atoms with Crippen molar-refractivity contribution < 1.29 is 8.42 Å². The number of nitrogens with one attached hydrogen (secondary N) is 2. The molecule has 2 N–H and O–H groups in total. The Morgan fingerprint density at radius 1 is 1.17 bits per heavy atom. The highest BCUT2D eigenvalue weighted by atomic mass is 32.2. The van der Waals surface area contributed by atoms with Crippen molar-refractivity contribution in [2.45, 2.75) is 11.1 Å². The summed E-state index contributed by atoms with van der Waals surface area (Å²) in [5.74, 6) is 1.18. The number of sulfonamides is 1. The van der Waals surface area contributed by atoms with Gasteiger partial charge in [-0.15, -0.1) is 21.5 Å². The van der Waals surface area contributed by atoms with Crippen molar-refractivity contribution in [3.05, 3.63) is 47.6 Å². The molecule has 3 aromatic heterocycles. The fraction of sp³-hybridized carbons (Fsp3) is 0.214. The van der Waals surface area contributed by atoms with Gasteiger partial charge in [0.15, 0.2) is 5.82 Å². The second-order valence-corrected chi connectivity index (χ2v) is 8.20. The molecule has 0 atom stereocenters. The number of thiophene rings is 1. The molecule has 0 aliphatic rings. The molecule has 0 amide bonds. The number of aryl methyl sites for hydroxylation is 1. The summed E-state index contributed by atoms with van der Waals surface area (Å²) >= 11 is 1.25. The average Bonchev–Trinajstić information content (AvgIpc) is 3.24. The molecule has 0 saturated carbocycles. The van der Waals surface area contributed by atoms with Crippen molar-refractivity contribution in [1.82, 2.24) is 24.7 Å². The molecular formula is C14H16N6O2S2. The fourth-order valence-corrected chi connectivity index (χ4v) is 4.31. The maximum atomic E-state index is 12.1. The molecule has 24 heavy (non-hydrogen) atoms. The van der Waals surface area contributed by atoms with Gasteiger partial charge in [-0.2, -0.15) is 5.10 Å². The van der Waals surface area contributed by atoms with Gasteiger partial charge in [-0.1, -0.05) is 0 Å². The highest BCUT2D eigenvalue weighted by Gasteiger charge is 2.15. The van der Waals surface area contributed by atoms with Crippen LogP contribution >= 0.6 is 11.3 Å². The Morgan fingerprint density at radius 3 is 2.67 bits per heavy atom. The third-order valence-electron chi connectivity index (χ3n) is 3.09. The molecule has 0 radical (unpaired) electrons. The van der Waals surface area contributed by atoms with E-state index in [0.717, 1.165) is 4.88 Å². The maximum Gasteiger partial charge on any atom is 0.250 e. The molecule has 126 valence electrons. The van der Waals surface area contributed by atoms with Crippen LogP contribution in [-0.2, 0) is 10.0 Å². The number of rotatable bonds is 7. The maximum absolute atomic E-state index is 12.1. The second kappa shape index (κ2) is 7.07. The van der Waals surface area contributed by atoms with Crippen molar-refractivity contribution in [2.24, 2.45) is 0 Å². The summed E-state index contributed by atoms with van der Waals surface area (Å²) in [6.45, 7) is 2.53. The quantitative estimate of drug-likeness (QED) is 0.615. The summed E-state index contributed by atoms with van der Waals surface area (Å²) in [6.07, 6.45) is 3.44. The monoisotopic (exact) mass is 364 g/mol. The van der Waals surface area contributed by atoms with Crippen molar-refractivity contribution in [3.8, 4) is 5.82 Å². The van der Waals surface area contributed by atoms with Crippen molar-refractivity contribution in [2.75, 3.05) is 18.4 Å². The molecular weight excluding hydrogens is 348 g/mol. The lowest BCUT2D eigenvalue weighted by Gasteiger charge is -2.07. The van der Waals surface area contributed by atoms with E-state index in [1.165, 1.54) is 11.3 Å². The van der Waals surface area contributed by atoms with Crippen LogP contribution in [0, 0.1) is 6.92 Å². The lowest BCUT2D eigenvalue weighted by molar-refractivity contribution is 0.585. The Kier molecular flexibility index (Phi) is 4.88. The zero-order chi connectivity index (χ0) is 17.0. The van der Waals surface area contributed by atoms with Crippen LogP contribution in [-0.4, -0.2) is 41.5 Å². The second-order valence-electron chi connectivity index (χ2n) is 4.92. The minimum absolute atomic E-state index is 0.252. The van der Waals surface area contributed by atoms with E-state index in [2.05, 4.69) is 25.3 Å². The molecule has 8 nitrogen and oxygen atoms in total. The molecule has 0 bridgehead atoms. The number of aromatic nitrogens is 4. The SMILES string of the molecule is Cc1ccc(S(=O)(=O)NCCNc2ccc(-n3cccn3)nn2)s1. The summed E-state index contributed by atoms with van der Waals surface area (Å²) in [6, 6.07) is 8.74. The Balaban J connectivity index is 1.50. The van der Waals surface area contributed by atoms with E-state index in [-0.39, 0.29) is 6.54 Å². The molecule has 0 fully saturated rings. The first kappa shape index (κ1) is 16.6. The summed E-state index contributed by atoms with van der Waals surface area (Å²) in [7, 11) is -3.45. The molecule has 0 saturated heterocycles. The molecule has 3 aromatic rings. The number of hydrogen-bond donors (Lipinski definition) is 2. The highest BCUT2D eigenvalue weighted by Crippen LogP contribution is 2.19. The van der Waals surface area contributed by atoms with Crippen LogP contribution in [0.2, 0.25) is 0 Å². The molecule has 0 aromatic carbocycles. The predicted octanol–water partition coefficient (Wildman–Crippen LogP) is 1.42. The van der Waals surface area contributed by atoms with Crippen LogP contribution in [0.4, 0.5) is 5.82 Å². The van der Waals surface area contributed by atoms with Gasteiger partial charge in [0.2, 0.25) is 10.0 Å². The zero-order valence-corrected chi connectivity index (χ0v) is 14.5. The van der Waals surface area contributed by atoms with Gasteiger partial charge in [0.05, 0.1) is 0 Å². The first-order valence-corrected chi connectivity index (χ1v) is 9.48. The van der Waals surface area contributed by atoms with Gasteiger partial charge in [0.1, 0.15) is 10.0 Å². The Hall–Kier alpha value is -2.30. The first-order chi connectivity index (χ1) is 11.5. The van der Waals surface area contributed by atoms with Gasteiger partial charge < -0.3 is 5.32 Å². The van der Waals surface area contributed by atoms with E-state index in [1.807, 2.05) is 6.92 Å². The number of anilines is 1. The lowest BCUT2D eigenvalue weighted by atomic mass is 10.5. The number of nitrogens with zero attached hydrogens (tertiary/aromatic N) is 4. The van der Waals surface area contributed by atoms with Crippen LogP contribution in [0.15, 0.2) is 46.9 Å². The van der Waals surface area contributed by atoms with Gasteiger partial charge >= 0.3 is 0 Å². The van der Waals surface area contributed by atoms with Crippen LogP contribution in [0.3, 0.4) is 0 Å². The highest BCUT2D eigenvalue weighted by molar-refractivity contribution is 7.91. The van der Waals surface area contributed by atoms with Gasteiger partial charge in [-0.3, -0.25) is 0 Å². The van der Waals surface area contributed by atoms with Crippen LogP contribution in [0.1, 0.15) is 4.88 Å². The lowest BCUT2D eigenvalue weighted by Crippen LogP contribution is -2.28. The van der Waals surface area contributed by atoms with Crippen LogP contribution < -0.4 is 10.0 Å². The van der Waals surface area contributed by atoms with Gasteiger partial charge in [-0.05, 0) is 37.3 Å².